The van der Waals surface area contributed by atoms with Gasteiger partial charge in [-0.2, -0.15) is 0 Å². The van der Waals surface area contributed by atoms with Gasteiger partial charge in [0.25, 0.3) is 5.91 Å². The second-order valence-corrected chi connectivity index (χ2v) is 6.68. The van der Waals surface area contributed by atoms with Crippen molar-refractivity contribution in [1.29, 1.82) is 0 Å². The maximum atomic E-state index is 12.5. The fourth-order valence-corrected chi connectivity index (χ4v) is 2.95. The number of aromatic nitrogens is 1. The number of hydrogen-bond donors (Lipinski definition) is 1. The third kappa shape index (κ3) is 3.69. The van der Waals surface area contributed by atoms with Crippen LogP contribution < -0.4 is 5.32 Å². The van der Waals surface area contributed by atoms with Crippen LogP contribution in [-0.4, -0.2) is 22.5 Å². The fourth-order valence-electron chi connectivity index (χ4n) is 2.61. The zero-order valence-corrected chi connectivity index (χ0v) is 15.6. The quantitative estimate of drug-likeness (QED) is 0.658. The molecule has 0 saturated carbocycles. The van der Waals surface area contributed by atoms with Crippen LogP contribution in [0.5, 0.6) is 0 Å². The molecular formula is C19H16Cl2N2O3. The zero-order valence-electron chi connectivity index (χ0n) is 14.1. The molecule has 3 rings (SSSR count). The van der Waals surface area contributed by atoms with Gasteiger partial charge in [0.1, 0.15) is 0 Å². The van der Waals surface area contributed by atoms with Gasteiger partial charge in [0.15, 0.2) is 6.10 Å². The summed E-state index contributed by atoms with van der Waals surface area (Å²) in [5.41, 5.74) is 1.67. The van der Waals surface area contributed by atoms with Crippen molar-refractivity contribution in [2.45, 2.75) is 13.0 Å². The highest BCUT2D eigenvalue weighted by atomic mass is 35.5. The number of aryl methyl sites for hydroxylation is 1. The molecule has 134 valence electrons. The van der Waals surface area contributed by atoms with Gasteiger partial charge in [0, 0.05) is 29.2 Å². The normalized spacial score (nSPS) is 12.0. The lowest BCUT2D eigenvalue weighted by atomic mass is 10.2. The number of ether oxygens (including phenoxy) is 1. The minimum Gasteiger partial charge on any atom is -0.449 e. The number of para-hydroxylation sites is 1. The second-order valence-electron chi connectivity index (χ2n) is 5.83. The number of fused-ring (bicyclic) bond motifs is 1. The maximum Gasteiger partial charge on any atom is 0.341 e. The highest BCUT2D eigenvalue weighted by Gasteiger charge is 2.22. The van der Waals surface area contributed by atoms with E-state index in [-0.39, 0.29) is 0 Å². The Hall–Kier alpha value is -2.50. The number of amides is 1. The van der Waals surface area contributed by atoms with Crippen LogP contribution in [0.15, 0.2) is 48.7 Å². The molecular weight excluding hydrogens is 375 g/mol. The van der Waals surface area contributed by atoms with E-state index in [2.05, 4.69) is 5.32 Å². The Balaban J connectivity index is 1.74. The van der Waals surface area contributed by atoms with Crippen molar-refractivity contribution < 1.29 is 14.3 Å². The highest BCUT2D eigenvalue weighted by molar-refractivity contribution is 6.35. The summed E-state index contributed by atoms with van der Waals surface area (Å²) in [6, 6.07) is 12.2. The van der Waals surface area contributed by atoms with E-state index >= 15 is 0 Å². The third-order valence-corrected chi connectivity index (χ3v) is 4.52. The molecule has 0 aliphatic heterocycles. The predicted octanol–water partition coefficient (Wildman–Crippen LogP) is 4.67. The summed E-state index contributed by atoms with van der Waals surface area (Å²) in [4.78, 5) is 24.8. The molecule has 3 aromatic rings. The SMILES string of the molecule is CC(OC(=O)c1cn(C)c2ccccc12)C(=O)Nc1cc(Cl)ccc1Cl. The van der Waals surface area contributed by atoms with E-state index < -0.39 is 18.0 Å². The molecule has 1 aromatic heterocycles. The van der Waals surface area contributed by atoms with Gasteiger partial charge in [0.2, 0.25) is 0 Å². The smallest absolute Gasteiger partial charge is 0.341 e. The van der Waals surface area contributed by atoms with E-state index in [0.717, 1.165) is 10.9 Å². The van der Waals surface area contributed by atoms with Gasteiger partial charge < -0.3 is 14.6 Å². The maximum absolute atomic E-state index is 12.5. The Morgan fingerprint density at radius 3 is 2.65 bits per heavy atom. The first kappa shape index (κ1) is 18.3. The number of anilines is 1. The second kappa shape index (κ2) is 7.40. The molecule has 1 amide bonds. The number of esters is 1. The molecule has 0 aliphatic rings. The van der Waals surface area contributed by atoms with Crippen molar-refractivity contribution in [3.8, 4) is 0 Å². The van der Waals surface area contributed by atoms with E-state index in [1.54, 1.807) is 18.3 Å². The molecule has 0 radical (unpaired) electrons. The number of hydrogen-bond acceptors (Lipinski definition) is 3. The van der Waals surface area contributed by atoms with E-state index in [4.69, 9.17) is 27.9 Å². The molecule has 7 heteroatoms. The van der Waals surface area contributed by atoms with E-state index in [1.165, 1.54) is 13.0 Å². The van der Waals surface area contributed by atoms with Crippen LogP contribution in [-0.2, 0) is 16.6 Å². The topological polar surface area (TPSA) is 60.3 Å². The first-order valence-corrected chi connectivity index (χ1v) is 8.63. The van der Waals surface area contributed by atoms with Crippen LogP contribution in [0.2, 0.25) is 10.0 Å². The van der Waals surface area contributed by atoms with Crippen LogP contribution in [0, 0.1) is 0 Å². The molecule has 0 aliphatic carbocycles. The van der Waals surface area contributed by atoms with Gasteiger partial charge in [-0.15, -0.1) is 0 Å². The monoisotopic (exact) mass is 390 g/mol. The van der Waals surface area contributed by atoms with Crippen molar-refractivity contribution in [2.24, 2.45) is 7.05 Å². The van der Waals surface area contributed by atoms with Crippen LogP contribution in [0.25, 0.3) is 10.9 Å². The number of nitrogens with zero attached hydrogens (tertiary/aromatic N) is 1. The molecule has 5 nitrogen and oxygen atoms in total. The van der Waals surface area contributed by atoms with Gasteiger partial charge in [0.05, 0.1) is 16.3 Å². The van der Waals surface area contributed by atoms with Crippen molar-refractivity contribution in [3.05, 3.63) is 64.3 Å². The van der Waals surface area contributed by atoms with Crippen molar-refractivity contribution in [2.75, 3.05) is 5.32 Å². The molecule has 1 atom stereocenters. The van der Waals surface area contributed by atoms with E-state index in [1.807, 2.05) is 35.9 Å². The molecule has 1 N–H and O–H groups in total. The lowest BCUT2D eigenvalue weighted by molar-refractivity contribution is -0.123. The molecule has 0 spiro atoms. The Morgan fingerprint density at radius 2 is 1.88 bits per heavy atom. The summed E-state index contributed by atoms with van der Waals surface area (Å²) >= 11 is 11.9. The summed E-state index contributed by atoms with van der Waals surface area (Å²) in [6.45, 7) is 1.50. The fraction of sp³-hybridized carbons (Fsp3) is 0.158. The number of halogens is 2. The predicted molar refractivity (Wildman–Crippen MR) is 103 cm³/mol. The molecule has 2 aromatic carbocycles. The first-order chi connectivity index (χ1) is 12.4. The molecule has 1 heterocycles. The molecule has 1 unspecified atom stereocenters. The van der Waals surface area contributed by atoms with Gasteiger partial charge in [-0.1, -0.05) is 41.4 Å². The third-order valence-electron chi connectivity index (χ3n) is 3.96. The van der Waals surface area contributed by atoms with Crippen LogP contribution in [0.4, 0.5) is 5.69 Å². The highest BCUT2D eigenvalue weighted by Crippen LogP contribution is 2.26. The summed E-state index contributed by atoms with van der Waals surface area (Å²) in [5.74, 6) is -1.07. The summed E-state index contributed by atoms with van der Waals surface area (Å²) in [5, 5.41) is 4.16. The molecule has 0 saturated heterocycles. The summed E-state index contributed by atoms with van der Waals surface area (Å²) in [7, 11) is 1.84. The number of carbonyl (C=O) groups excluding carboxylic acids is 2. The minimum atomic E-state index is -1.00. The lowest BCUT2D eigenvalue weighted by Gasteiger charge is -2.14. The van der Waals surface area contributed by atoms with Gasteiger partial charge in [-0.3, -0.25) is 4.79 Å². The average Bonchev–Trinajstić information content (AvgIpc) is 2.95. The minimum absolute atomic E-state index is 0.343. The van der Waals surface area contributed by atoms with Crippen molar-refractivity contribution in [3.63, 3.8) is 0 Å². The summed E-state index contributed by atoms with van der Waals surface area (Å²) in [6.07, 6.45) is 0.683. The Labute approximate surface area is 160 Å². The standard InChI is InChI=1S/C19H16Cl2N2O3/c1-11(18(24)22-16-9-12(20)7-8-15(16)21)26-19(25)14-10-23(2)17-6-4-3-5-13(14)17/h3-11H,1-2H3,(H,22,24). The van der Waals surface area contributed by atoms with Crippen LogP contribution >= 0.6 is 23.2 Å². The Morgan fingerprint density at radius 1 is 1.15 bits per heavy atom. The van der Waals surface area contributed by atoms with Gasteiger partial charge >= 0.3 is 5.97 Å². The molecule has 26 heavy (non-hydrogen) atoms. The largest absolute Gasteiger partial charge is 0.449 e. The first-order valence-electron chi connectivity index (χ1n) is 7.88. The Kier molecular flexibility index (Phi) is 5.20. The number of nitrogens with one attached hydrogen (secondary N) is 1. The molecule has 0 fully saturated rings. The van der Waals surface area contributed by atoms with Gasteiger partial charge in [-0.05, 0) is 31.2 Å². The lowest BCUT2D eigenvalue weighted by Crippen LogP contribution is -2.30. The number of rotatable bonds is 4. The number of benzene rings is 2. The summed E-state index contributed by atoms with van der Waals surface area (Å²) < 4.78 is 7.16. The molecule has 0 bridgehead atoms. The van der Waals surface area contributed by atoms with Crippen molar-refractivity contribution in [1.82, 2.24) is 4.57 Å². The van der Waals surface area contributed by atoms with Crippen LogP contribution in [0.3, 0.4) is 0 Å². The van der Waals surface area contributed by atoms with Gasteiger partial charge in [-0.25, -0.2) is 4.79 Å². The Bertz CT molecular complexity index is 998. The average molecular weight is 391 g/mol. The zero-order chi connectivity index (χ0) is 18.8. The van der Waals surface area contributed by atoms with Crippen LogP contribution in [0.1, 0.15) is 17.3 Å². The number of carbonyl (C=O) groups is 2. The van der Waals surface area contributed by atoms with E-state index in [0.29, 0.717) is 21.3 Å². The van der Waals surface area contributed by atoms with E-state index in [9.17, 15) is 9.59 Å². The van der Waals surface area contributed by atoms with Crippen molar-refractivity contribution >= 4 is 51.7 Å².